The second-order valence-electron chi connectivity index (χ2n) is 4.80. The average Bonchev–Trinajstić information content (AvgIpc) is 2.13. The Bertz CT molecular complexity index is 190. The zero-order valence-corrected chi connectivity index (χ0v) is 11.4. The number of rotatable bonds is 7. The lowest BCUT2D eigenvalue weighted by Crippen LogP contribution is -2.34. The quantitative estimate of drug-likeness (QED) is 0.727. The van der Waals surface area contributed by atoms with Gasteiger partial charge in [0.25, 0.3) is 0 Å². The Hall–Kier alpha value is 0.0700. The fraction of sp³-hybridized carbons (Fsp3) is 1.00. The smallest absolute Gasteiger partial charge is 0.0476 e. The first kappa shape index (κ1) is 15.1. The highest BCUT2D eigenvalue weighted by Gasteiger charge is 2.18. The minimum atomic E-state index is -0.753. The molecule has 0 amide bonds. The van der Waals surface area contributed by atoms with Crippen molar-refractivity contribution in [2.75, 3.05) is 26.0 Å². The molecule has 0 fully saturated rings. The molecule has 92 valence electrons. The lowest BCUT2D eigenvalue weighted by molar-refractivity contribution is 0.185. The molecule has 0 aromatic rings. The second-order valence-corrected chi connectivity index (χ2v) is 7.12. The highest BCUT2D eigenvalue weighted by Crippen LogP contribution is 2.10. The maximum Gasteiger partial charge on any atom is 0.0476 e. The molecule has 4 heteroatoms. The molecule has 0 saturated heterocycles. The zero-order valence-electron chi connectivity index (χ0n) is 10.6. The van der Waals surface area contributed by atoms with Crippen molar-refractivity contribution in [1.29, 1.82) is 0 Å². The predicted molar refractivity (Wildman–Crippen MR) is 66.7 cm³/mol. The van der Waals surface area contributed by atoms with Crippen molar-refractivity contribution in [2.45, 2.75) is 44.9 Å². The van der Waals surface area contributed by atoms with Crippen LogP contribution in [0.5, 0.6) is 0 Å². The third-order valence-electron chi connectivity index (χ3n) is 2.22. The van der Waals surface area contributed by atoms with E-state index in [1.807, 2.05) is 20.8 Å². The van der Waals surface area contributed by atoms with Gasteiger partial charge in [-0.15, -0.1) is 0 Å². The maximum absolute atomic E-state index is 11.7. The fourth-order valence-corrected chi connectivity index (χ4v) is 2.02. The topological polar surface area (TPSA) is 38.3 Å². The SMILES string of the molecule is COCCC(C)NCCS(=O)C(C)(C)C. The minimum Gasteiger partial charge on any atom is -0.385 e. The molecule has 0 aliphatic heterocycles. The zero-order chi connectivity index (χ0) is 11.9. The van der Waals surface area contributed by atoms with E-state index >= 15 is 0 Å². The monoisotopic (exact) mass is 235 g/mol. The van der Waals surface area contributed by atoms with E-state index in [2.05, 4.69) is 12.2 Å². The number of hydrogen-bond donors (Lipinski definition) is 1. The average molecular weight is 235 g/mol. The molecule has 3 nitrogen and oxygen atoms in total. The van der Waals surface area contributed by atoms with Crippen LogP contribution in [-0.2, 0) is 15.5 Å². The van der Waals surface area contributed by atoms with Crippen LogP contribution in [0.1, 0.15) is 34.1 Å². The molecular weight excluding hydrogens is 210 g/mol. The van der Waals surface area contributed by atoms with Crippen LogP contribution in [0.2, 0.25) is 0 Å². The lowest BCUT2D eigenvalue weighted by atomic mass is 10.2. The first-order valence-corrected chi connectivity index (χ1v) is 6.80. The summed E-state index contributed by atoms with van der Waals surface area (Å²) in [7, 11) is 0.956. The number of hydrogen-bond acceptors (Lipinski definition) is 3. The van der Waals surface area contributed by atoms with Gasteiger partial charge in [0, 0.05) is 47.6 Å². The van der Waals surface area contributed by atoms with Gasteiger partial charge in [0.05, 0.1) is 0 Å². The molecule has 0 bridgehead atoms. The van der Waals surface area contributed by atoms with Crippen molar-refractivity contribution in [3.05, 3.63) is 0 Å². The van der Waals surface area contributed by atoms with E-state index in [-0.39, 0.29) is 4.75 Å². The Morgan fingerprint density at radius 1 is 1.40 bits per heavy atom. The third-order valence-corrected chi connectivity index (χ3v) is 4.16. The van der Waals surface area contributed by atoms with E-state index < -0.39 is 10.8 Å². The molecule has 0 heterocycles. The molecule has 1 N–H and O–H groups in total. The first-order valence-electron chi connectivity index (χ1n) is 5.48. The van der Waals surface area contributed by atoms with Crippen molar-refractivity contribution < 1.29 is 8.95 Å². The van der Waals surface area contributed by atoms with E-state index in [1.54, 1.807) is 7.11 Å². The van der Waals surface area contributed by atoms with Gasteiger partial charge in [0.15, 0.2) is 0 Å². The molecule has 0 saturated carbocycles. The summed E-state index contributed by atoms with van der Waals surface area (Å²) in [5.74, 6) is 0.723. The van der Waals surface area contributed by atoms with Crippen molar-refractivity contribution in [3.8, 4) is 0 Å². The maximum atomic E-state index is 11.7. The van der Waals surface area contributed by atoms with E-state index in [4.69, 9.17) is 4.74 Å². The van der Waals surface area contributed by atoms with Crippen molar-refractivity contribution >= 4 is 10.8 Å². The minimum absolute atomic E-state index is 0.0998. The molecular formula is C11H25NO2S. The van der Waals surface area contributed by atoms with Gasteiger partial charge in [-0.2, -0.15) is 0 Å². The van der Waals surface area contributed by atoms with E-state index in [0.717, 1.165) is 25.3 Å². The highest BCUT2D eigenvalue weighted by atomic mass is 32.2. The third kappa shape index (κ3) is 7.94. The summed E-state index contributed by atoms with van der Waals surface area (Å²) >= 11 is 0. The van der Waals surface area contributed by atoms with E-state index in [0.29, 0.717) is 6.04 Å². The molecule has 0 radical (unpaired) electrons. The van der Waals surface area contributed by atoms with Crippen LogP contribution in [0, 0.1) is 0 Å². The number of ether oxygens (including phenoxy) is 1. The standard InChI is InChI=1S/C11H25NO2S/c1-10(6-8-14-5)12-7-9-15(13)11(2,3)4/h10,12H,6-9H2,1-5H3. The number of nitrogens with one attached hydrogen (secondary N) is 1. The van der Waals surface area contributed by atoms with Gasteiger partial charge in [0.2, 0.25) is 0 Å². The van der Waals surface area contributed by atoms with Crippen LogP contribution in [0.4, 0.5) is 0 Å². The molecule has 0 aliphatic carbocycles. The van der Waals surface area contributed by atoms with Crippen molar-refractivity contribution in [2.24, 2.45) is 0 Å². The van der Waals surface area contributed by atoms with Crippen LogP contribution in [0.3, 0.4) is 0 Å². The summed E-state index contributed by atoms with van der Waals surface area (Å²) in [4.78, 5) is 0. The Kier molecular flexibility index (Phi) is 7.40. The van der Waals surface area contributed by atoms with Crippen LogP contribution in [-0.4, -0.2) is 41.0 Å². The van der Waals surface area contributed by atoms with Gasteiger partial charge < -0.3 is 10.1 Å². The molecule has 15 heavy (non-hydrogen) atoms. The summed E-state index contributed by atoms with van der Waals surface area (Å²) < 4.78 is 16.6. The Morgan fingerprint density at radius 2 is 2.00 bits per heavy atom. The summed E-state index contributed by atoms with van der Waals surface area (Å²) in [6, 6.07) is 0.432. The molecule has 0 aliphatic rings. The van der Waals surface area contributed by atoms with Crippen LogP contribution < -0.4 is 5.32 Å². The number of methoxy groups -OCH3 is 1. The van der Waals surface area contributed by atoms with Gasteiger partial charge in [-0.1, -0.05) is 0 Å². The molecule has 2 unspecified atom stereocenters. The van der Waals surface area contributed by atoms with Crippen LogP contribution in [0.25, 0.3) is 0 Å². The molecule has 0 aromatic heterocycles. The molecule has 0 rings (SSSR count). The van der Waals surface area contributed by atoms with E-state index in [1.165, 1.54) is 0 Å². The molecule has 2 atom stereocenters. The van der Waals surface area contributed by atoms with Gasteiger partial charge in [-0.05, 0) is 34.1 Å². The lowest BCUT2D eigenvalue weighted by Gasteiger charge is -2.19. The normalized spacial score (nSPS) is 16.3. The molecule has 0 spiro atoms. The first-order chi connectivity index (χ1) is 6.88. The van der Waals surface area contributed by atoms with Gasteiger partial charge in [-0.3, -0.25) is 4.21 Å². The fourth-order valence-electron chi connectivity index (χ4n) is 1.10. The Morgan fingerprint density at radius 3 is 2.47 bits per heavy atom. The Labute approximate surface area is 96.4 Å². The summed E-state index contributed by atoms with van der Waals surface area (Å²) in [5, 5.41) is 3.35. The van der Waals surface area contributed by atoms with Crippen LogP contribution >= 0.6 is 0 Å². The Balaban J connectivity index is 3.57. The summed E-state index contributed by atoms with van der Waals surface area (Å²) in [6.07, 6.45) is 0.999. The van der Waals surface area contributed by atoms with E-state index in [9.17, 15) is 4.21 Å². The van der Waals surface area contributed by atoms with Gasteiger partial charge in [-0.25, -0.2) is 0 Å². The molecule has 0 aromatic carbocycles. The van der Waals surface area contributed by atoms with Gasteiger partial charge >= 0.3 is 0 Å². The van der Waals surface area contributed by atoms with Gasteiger partial charge in [0.1, 0.15) is 0 Å². The largest absolute Gasteiger partial charge is 0.385 e. The summed E-state index contributed by atoms with van der Waals surface area (Å²) in [5.41, 5.74) is 0. The predicted octanol–water partition coefficient (Wildman–Crippen LogP) is 1.55. The van der Waals surface area contributed by atoms with Crippen molar-refractivity contribution in [3.63, 3.8) is 0 Å². The van der Waals surface area contributed by atoms with Crippen molar-refractivity contribution in [1.82, 2.24) is 5.32 Å². The second kappa shape index (κ2) is 7.36. The summed E-state index contributed by atoms with van der Waals surface area (Å²) in [6.45, 7) is 9.75. The highest BCUT2D eigenvalue weighted by molar-refractivity contribution is 7.86. The van der Waals surface area contributed by atoms with Crippen LogP contribution in [0.15, 0.2) is 0 Å².